The quantitative estimate of drug-likeness (QED) is 0.383. The summed E-state index contributed by atoms with van der Waals surface area (Å²) in [5, 5.41) is 12.4. The zero-order valence-corrected chi connectivity index (χ0v) is 20.5. The summed E-state index contributed by atoms with van der Waals surface area (Å²) < 4.78 is 16.8. The highest BCUT2D eigenvalue weighted by atomic mass is 32.2. The van der Waals surface area contributed by atoms with Crippen LogP contribution < -0.4 is 19.5 Å². The van der Waals surface area contributed by atoms with Crippen LogP contribution in [-0.4, -0.2) is 35.9 Å². The highest BCUT2D eigenvalue weighted by Crippen LogP contribution is 2.33. The first-order valence-corrected chi connectivity index (χ1v) is 11.9. The first-order valence-electron chi connectivity index (χ1n) is 11.1. The number of amidine groups is 1. The second-order valence-corrected chi connectivity index (χ2v) is 8.64. The second kappa shape index (κ2) is 11.5. The molecule has 1 aliphatic heterocycles. The summed E-state index contributed by atoms with van der Waals surface area (Å²) in [6.45, 7) is 2.69. The van der Waals surface area contributed by atoms with Crippen molar-refractivity contribution in [3.8, 4) is 17.2 Å². The Hall–Kier alpha value is -4.24. The fourth-order valence-electron chi connectivity index (χ4n) is 3.38. The number of carboxylic acid groups (broad SMARTS) is 1. The van der Waals surface area contributed by atoms with Crippen molar-refractivity contribution >= 4 is 40.6 Å². The second-order valence-electron chi connectivity index (χ2n) is 7.61. The number of carbonyl (C=O) groups excluding carboxylic acids is 1. The number of nitrogens with zero attached hydrogens (tertiary/aromatic N) is 1. The van der Waals surface area contributed by atoms with Crippen molar-refractivity contribution < 1.29 is 28.9 Å². The number of benzene rings is 3. The molecule has 4 rings (SSSR count). The van der Waals surface area contributed by atoms with Gasteiger partial charge >= 0.3 is 5.97 Å². The van der Waals surface area contributed by atoms with Gasteiger partial charge in [0.25, 0.3) is 5.91 Å². The van der Waals surface area contributed by atoms with Crippen LogP contribution in [0.2, 0.25) is 0 Å². The monoisotopic (exact) mass is 504 g/mol. The van der Waals surface area contributed by atoms with Gasteiger partial charge in [0.05, 0.1) is 29.9 Å². The molecule has 0 spiro atoms. The molecule has 0 radical (unpaired) electrons. The molecule has 3 aromatic rings. The van der Waals surface area contributed by atoms with Crippen molar-refractivity contribution in [3.63, 3.8) is 0 Å². The Bertz CT molecular complexity index is 1330. The van der Waals surface area contributed by atoms with Gasteiger partial charge in [-0.2, -0.15) is 0 Å². The summed E-state index contributed by atoms with van der Waals surface area (Å²) in [5.74, 6) is 0.531. The molecular formula is C27H24N2O6S. The smallest absolute Gasteiger partial charge is 0.335 e. The van der Waals surface area contributed by atoms with Crippen LogP contribution in [0, 0.1) is 0 Å². The fourth-order valence-corrected chi connectivity index (χ4v) is 4.22. The molecule has 1 heterocycles. The third kappa shape index (κ3) is 6.25. The Morgan fingerprint density at radius 2 is 1.86 bits per heavy atom. The van der Waals surface area contributed by atoms with Crippen molar-refractivity contribution in [2.75, 3.05) is 13.7 Å². The van der Waals surface area contributed by atoms with Crippen LogP contribution in [0.5, 0.6) is 17.2 Å². The van der Waals surface area contributed by atoms with Crippen molar-refractivity contribution in [3.05, 3.63) is 88.3 Å². The zero-order valence-electron chi connectivity index (χ0n) is 19.7. The Kier molecular flexibility index (Phi) is 7.92. The van der Waals surface area contributed by atoms with Gasteiger partial charge < -0.3 is 24.6 Å². The van der Waals surface area contributed by atoms with Gasteiger partial charge in [-0.25, -0.2) is 9.79 Å². The summed E-state index contributed by atoms with van der Waals surface area (Å²) in [7, 11) is 1.53. The Labute approximate surface area is 212 Å². The van der Waals surface area contributed by atoms with Crippen molar-refractivity contribution in [1.29, 1.82) is 0 Å². The van der Waals surface area contributed by atoms with E-state index < -0.39 is 5.97 Å². The third-order valence-electron chi connectivity index (χ3n) is 5.08. The van der Waals surface area contributed by atoms with Gasteiger partial charge in [0.15, 0.2) is 16.7 Å². The topological polar surface area (TPSA) is 106 Å². The number of carboxylic acids is 1. The number of hydrogen-bond acceptors (Lipinski definition) is 7. The first-order chi connectivity index (χ1) is 17.4. The molecule has 184 valence electrons. The highest BCUT2D eigenvalue weighted by Gasteiger charge is 2.24. The van der Waals surface area contributed by atoms with E-state index in [4.69, 9.17) is 19.3 Å². The van der Waals surface area contributed by atoms with Gasteiger partial charge in [0.2, 0.25) is 0 Å². The molecule has 0 aliphatic carbocycles. The molecular weight excluding hydrogens is 480 g/mol. The molecule has 36 heavy (non-hydrogen) atoms. The lowest BCUT2D eigenvalue weighted by atomic mass is 10.1. The van der Waals surface area contributed by atoms with Gasteiger partial charge in [-0.15, -0.1) is 0 Å². The average molecular weight is 505 g/mol. The van der Waals surface area contributed by atoms with E-state index in [1.54, 1.807) is 36.4 Å². The van der Waals surface area contributed by atoms with Gasteiger partial charge in [-0.1, -0.05) is 18.2 Å². The van der Waals surface area contributed by atoms with Gasteiger partial charge in [-0.3, -0.25) is 4.79 Å². The number of hydrogen-bond donors (Lipinski definition) is 2. The van der Waals surface area contributed by atoms with E-state index >= 15 is 0 Å². The minimum Gasteiger partial charge on any atom is -0.494 e. The van der Waals surface area contributed by atoms with Crippen LogP contribution in [0.4, 0.5) is 5.69 Å². The SMILES string of the molecule is CCOc1ccc(N=C2NC(=O)/C(=C/c3ccc(OCc4cccc(C(=O)O)c4)c(OC)c3)S2)cc1. The molecule has 3 aromatic carbocycles. The number of amides is 1. The van der Waals surface area contributed by atoms with Gasteiger partial charge in [0.1, 0.15) is 12.4 Å². The Morgan fingerprint density at radius 3 is 2.58 bits per heavy atom. The molecule has 2 N–H and O–H groups in total. The molecule has 0 aromatic heterocycles. The average Bonchev–Trinajstić information content (AvgIpc) is 3.22. The third-order valence-corrected chi connectivity index (χ3v) is 5.99. The highest BCUT2D eigenvalue weighted by molar-refractivity contribution is 8.18. The number of rotatable bonds is 9. The predicted octanol–water partition coefficient (Wildman–Crippen LogP) is 5.26. The number of carbonyl (C=O) groups is 2. The number of aromatic carboxylic acids is 1. The van der Waals surface area contributed by atoms with Crippen LogP contribution in [0.25, 0.3) is 6.08 Å². The number of methoxy groups -OCH3 is 1. The number of thioether (sulfide) groups is 1. The number of aliphatic imine (C=N–C) groups is 1. The summed E-state index contributed by atoms with van der Waals surface area (Å²) >= 11 is 1.25. The molecule has 0 unspecified atom stereocenters. The maximum atomic E-state index is 12.5. The van der Waals surface area contributed by atoms with Crippen LogP contribution in [0.1, 0.15) is 28.4 Å². The molecule has 0 bridgehead atoms. The lowest BCUT2D eigenvalue weighted by molar-refractivity contribution is -0.115. The van der Waals surface area contributed by atoms with Crippen molar-refractivity contribution in [2.45, 2.75) is 13.5 Å². The van der Waals surface area contributed by atoms with E-state index in [2.05, 4.69) is 10.3 Å². The first kappa shape index (κ1) is 24.9. The van der Waals surface area contributed by atoms with Crippen LogP contribution in [0.15, 0.2) is 76.6 Å². The summed E-state index contributed by atoms with van der Waals surface area (Å²) in [5.41, 5.74) is 2.39. The van der Waals surface area contributed by atoms with E-state index in [1.165, 1.54) is 24.9 Å². The Morgan fingerprint density at radius 1 is 1.06 bits per heavy atom. The van der Waals surface area contributed by atoms with Crippen LogP contribution in [-0.2, 0) is 11.4 Å². The summed E-state index contributed by atoms with van der Waals surface area (Å²) in [6.07, 6.45) is 1.75. The summed E-state index contributed by atoms with van der Waals surface area (Å²) in [4.78, 5) is 28.6. The maximum absolute atomic E-state index is 12.5. The summed E-state index contributed by atoms with van der Waals surface area (Å²) in [6, 6.07) is 19.2. The number of ether oxygens (including phenoxy) is 3. The standard InChI is InChI=1S/C27H24N2O6S/c1-3-34-21-10-8-20(9-11-21)28-27-29-25(30)24(36-27)15-17-7-12-22(23(14-17)33-2)35-16-18-5-4-6-19(13-18)26(31)32/h4-15H,3,16H2,1-2H3,(H,31,32)(H,28,29,30)/b24-15-. The van der Waals surface area contributed by atoms with Crippen molar-refractivity contribution in [2.24, 2.45) is 4.99 Å². The van der Waals surface area contributed by atoms with E-state index in [1.807, 2.05) is 37.3 Å². The van der Waals surface area contributed by atoms with E-state index in [0.29, 0.717) is 33.9 Å². The van der Waals surface area contributed by atoms with Crippen LogP contribution in [0.3, 0.4) is 0 Å². The molecule has 0 saturated carbocycles. The molecule has 1 aliphatic rings. The minimum atomic E-state index is -0.992. The fraction of sp³-hybridized carbons (Fsp3) is 0.148. The molecule has 1 saturated heterocycles. The number of nitrogens with one attached hydrogen (secondary N) is 1. The normalized spacial score (nSPS) is 15.1. The van der Waals surface area contributed by atoms with E-state index in [-0.39, 0.29) is 18.1 Å². The molecule has 1 amide bonds. The van der Waals surface area contributed by atoms with E-state index in [0.717, 1.165) is 16.9 Å². The van der Waals surface area contributed by atoms with E-state index in [9.17, 15) is 9.59 Å². The molecule has 0 atom stereocenters. The lowest BCUT2D eigenvalue weighted by Gasteiger charge is -2.12. The van der Waals surface area contributed by atoms with Gasteiger partial charge in [-0.05, 0) is 84.4 Å². The van der Waals surface area contributed by atoms with Gasteiger partial charge in [0, 0.05) is 0 Å². The molecule has 1 fully saturated rings. The Balaban J connectivity index is 1.45. The van der Waals surface area contributed by atoms with Crippen molar-refractivity contribution in [1.82, 2.24) is 5.32 Å². The molecule has 8 nitrogen and oxygen atoms in total. The molecule has 9 heteroatoms. The predicted molar refractivity (Wildman–Crippen MR) is 139 cm³/mol. The maximum Gasteiger partial charge on any atom is 0.335 e. The zero-order chi connectivity index (χ0) is 25.5. The largest absolute Gasteiger partial charge is 0.494 e. The lowest BCUT2D eigenvalue weighted by Crippen LogP contribution is -2.19. The minimum absolute atomic E-state index is 0.182. The van der Waals surface area contributed by atoms with Crippen LogP contribution >= 0.6 is 11.8 Å².